The van der Waals surface area contributed by atoms with Crippen molar-refractivity contribution < 1.29 is 14.7 Å². The molecule has 0 radical (unpaired) electrons. The Morgan fingerprint density at radius 1 is 1.37 bits per heavy atom. The average Bonchev–Trinajstić information content (AvgIpc) is 2.75. The van der Waals surface area contributed by atoms with Crippen LogP contribution in [0.3, 0.4) is 0 Å². The summed E-state index contributed by atoms with van der Waals surface area (Å²) in [6, 6.07) is 0. The summed E-state index contributed by atoms with van der Waals surface area (Å²) in [6.45, 7) is 7.51. The van der Waals surface area contributed by atoms with Gasteiger partial charge >= 0.3 is 5.97 Å². The Labute approximate surface area is 115 Å². The summed E-state index contributed by atoms with van der Waals surface area (Å²) in [5.41, 5.74) is -0.485. The number of rotatable bonds is 7. The molecule has 5 nitrogen and oxygen atoms in total. The highest BCUT2D eigenvalue weighted by Crippen LogP contribution is 2.26. The van der Waals surface area contributed by atoms with E-state index in [1.54, 1.807) is 0 Å². The van der Waals surface area contributed by atoms with Gasteiger partial charge in [0, 0.05) is 13.0 Å². The summed E-state index contributed by atoms with van der Waals surface area (Å²) in [6.07, 6.45) is 3.52. The van der Waals surface area contributed by atoms with E-state index in [2.05, 4.69) is 10.6 Å². The van der Waals surface area contributed by atoms with Crippen LogP contribution < -0.4 is 10.6 Å². The third-order valence-corrected chi connectivity index (χ3v) is 3.97. The van der Waals surface area contributed by atoms with Crippen LogP contribution in [0.5, 0.6) is 0 Å². The van der Waals surface area contributed by atoms with E-state index in [-0.39, 0.29) is 17.7 Å². The number of hydrogen-bond acceptors (Lipinski definition) is 3. The summed E-state index contributed by atoms with van der Waals surface area (Å²) >= 11 is 0. The Morgan fingerprint density at radius 2 is 2.05 bits per heavy atom. The predicted octanol–water partition coefficient (Wildman–Crippen LogP) is 1.53. The monoisotopic (exact) mass is 270 g/mol. The minimum absolute atomic E-state index is 0.0547. The maximum atomic E-state index is 12.1. The maximum absolute atomic E-state index is 12.1. The molecule has 110 valence electrons. The minimum atomic E-state index is -0.764. The van der Waals surface area contributed by atoms with Gasteiger partial charge in [-0.1, -0.05) is 13.8 Å². The van der Waals surface area contributed by atoms with E-state index in [1.807, 2.05) is 20.8 Å². The third-order valence-electron chi connectivity index (χ3n) is 3.97. The van der Waals surface area contributed by atoms with E-state index in [0.717, 1.165) is 25.8 Å². The number of carbonyl (C=O) groups excluding carboxylic acids is 1. The van der Waals surface area contributed by atoms with Gasteiger partial charge in [0.25, 0.3) is 0 Å². The van der Waals surface area contributed by atoms with Crippen LogP contribution in [0.2, 0.25) is 0 Å². The number of amides is 1. The fraction of sp³-hybridized carbons (Fsp3) is 0.857. The minimum Gasteiger partial charge on any atom is -0.481 e. The quantitative estimate of drug-likeness (QED) is 0.655. The summed E-state index contributed by atoms with van der Waals surface area (Å²) < 4.78 is 0. The van der Waals surface area contributed by atoms with Crippen molar-refractivity contribution >= 4 is 11.9 Å². The van der Waals surface area contributed by atoms with Crippen molar-refractivity contribution in [3.63, 3.8) is 0 Å². The van der Waals surface area contributed by atoms with E-state index < -0.39 is 11.5 Å². The molecule has 0 saturated carbocycles. The fourth-order valence-electron chi connectivity index (χ4n) is 2.37. The Kier molecular flexibility index (Phi) is 5.35. The lowest BCUT2D eigenvalue weighted by Gasteiger charge is -2.27. The van der Waals surface area contributed by atoms with E-state index in [1.165, 1.54) is 0 Å². The number of nitrogens with one attached hydrogen (secondary N) is 2. The van der Waals surface area contributed by atoms with E-state index >= 15 is 0 Å². The van der Waals surface area contributed by atoms with Crippen molar-refractivity contribution in [3.05, 3.63) is 0 Å². The van der Waals surface area contributed by atoms with Gasteiger partial charge in [0.05, 0.1) is 5.54 Å². The maximum Gasteiger partial charge on any atom is 0.303 e. The molecule has 0 aromatic carbocycles. The van der Waals surface area contributed by atoms with Crippen LogP contribution in [0.4, 0.5) is 0 Å². The Morgan fingerprint density at radius 3 is 2.58 bits per heavy atom. The summed E-state index contributed by atoms with van der Waals surface area (Å²) in [7, 11) is 0. The van der Waals surface area contributed by atoms with Crippen molar-refractivity contribution in [1.29, 1.82) is 0 Å². The van der Waals surface area contributed by atoms with Gasteiger partial charge in [0.2, 0.25) is 5.91 Å². The predicted molar refractivity (Wildman–Crippen MR) is 73.9 cm³/mol. The van der Waals surface area contributed by atoms with Gasteiger partial charge in [-0.05, 0) is 44.6 Å². The number of hydrogen-bond donors (Lipinski definition) is 3. The van der Waals surface area contributed by atoms with Crippen LogP contribution in [-0.4, -0.2) is 35.6 Å². The van der Waals surface area contributed by atoms with E-state index in [9.17, 15) is 9.59 Å². The zero-order chi connectivity index (χ0) is 14.5. The molecule has 0 bridgehead atoms. The zero-order valence-electron chi connectivity index (χ0n) is 12.2. The van der Waals surface area contributed by atoms with Crippen LogP contribution in [0.25, 0.3) is 0 Å². The molecule has 0 aromatic heterocycles. The number of carboxylic acids is 1. The lowest BCUT2D eigenvalue weighted by atomic mass is 9.84. The molecule has 1 atom stereocenters. The first-order valence-corrected chi connectivity index (χ1v) is 7.00. The largest absolute Gasteiger partial charge is 0.481 e. The molecule has 1 saturated heterocycles. The number of aliphatic carboxylic acids is 1. The molecule has 0 aromatic rings. The van der Waals surface area contributed by atoms with Crippen molar-refractivity contribution in [1.82, 2.24) is 10.6 Å². The SMILES string of the molecule is CC(C)(CCNC(=O)C1(C)CCCN1)CCC(=O)O. The molecule has 5 heteroatoms. The normalized spacial score (nSPS) is 23.3. The summed E-state index contributed by atoms with van der Waals surface area (Å²) in [4.78, 5) is 22.6. The second kappa shape index (κ2) is 6.37. The molecule has 1 fully saturated rings. The van der Waals surface area contributed by atoms with Gasteiger partial charge in [-0.3, -0.25) is 9.59 Å². The van der Waals surface area contributed by atoms with Crippen LogP contribution in [0.15, 0.2) is 0 Å². The molecular formula is C14H26N2O3. The van der Waals surface area contributed by atoms with Crippen molar-refractivity contribution in [2.24, 2.45) is 5.41 Å². The standard InChI is InChI=1S/C14H26N2O3/c1-13(2,7-5-11(17)18)8-10-15-12(19)14(3)6-4-9-16-14/h16H,4-10H2,1-3H3,(H,15,19)(H,17,18). The van der Waals surface area contributed by atoms with E-state index in [4.69, 9.17) is 5.11 Å². The Bertz CT molecular complexity index is 334. The van der Waals surface area contributed by atoms with Crippen LogP contribution in [0, 0.1) is 5.41 Å². The third kappa shape index (κ3) is 5.19. The van der Waals surface area contributed by atoms with Crippen LogP contribution in [-0.2, 0) is 9.59 Å². The van der Waals surface area contributed by atoms with Gasteiger partial charge in [-0.15, -0.1) is 0 Å². The Hall–Kier alpha value is -1.10. The molecule has 0 aliphatic carbocycles. The van der Waals surface area contributed by atoms with Crippen molar-refractivity contribution in [2.45, 2.75) is 58.4 Å². The van der Waals surface area contributed by atoms with Crippen molar-refractivity contribution in [2.75, 3.05) is 13.1 Å². The van der Waals surface area contributed by atoms with Crippen molar-refractivity contribution in [3.8, 4) is 0 Å². The number of carbonyl (C=O) groups is 2. The molecule has 3 N–H and O–H groups in total. The summed E-state index contributed by atoms with van der Waals surface area (Å²) in [5.74, 6) is -0.709. The smallest absolute Gasteiger partial charge is 0.303 e. The first-order valence-electron chi connectivity index (χ1n) is 7.00. The summed E-state index contributed by atoms with van der Waals surface area (Å²) in [5, 5.41) is 14.9. The first-order chi connectivity index (χ1) is 8.75. The second-order valence-electron chi connectivity index (χ2n) is 6.43. The lowest BCUT2D eigenvalue weighted by Crippen LogP contribution is -2.51. The molecule has 19 heavy (non-hydrogen) atoms. The van der Waals surface area contributed by atoms with Gasteiger partial charge in [-0.25, -0.2) is 0 Å². The second-order valence-corrected chi connectivity index (χ2v) is 6.43. The first kappa shape index (κ1) is 16.0. The van der Waals surface area contributed by atoms with Crippen LogP contribution >= 0.6 is 0 Å². The topological polar surface area (TPSA) is 78.4 Å². The molecule has 1 amide bonds. The van der Waals surface area contributed by atoms with Gasteiger partial charge in [-0.2, -0.15) is 0 Å². The average molecular weight is 270 g/mol. The lowest BCUT2D eigenvalue weighted by molar-refractivity contribution is -0.137. The highest BCUT2D eigenvalue weighted by atomic mass is 16.4. The highest BCUT2D eigenvalue weighted by molar-refractivity contribution is 5.86. The van der Waals surface area contributed by atoms with Gasteiger partial charge in [0.1, 0.15) is 0 Å². The van der Waals surface area contributed by atoms with Crippen LogP contribution in [0.1, 0.15) is 52.9 Å². The Balaban J connectivity index is 2.29. The molecule has 1 aliphatic heterocycles. The molecule has 1 aliphatic rings. The molecule has 1 unspecified atom stereocenters. The molecular weight excluding hydrogens is 244 g/mol. The fourth-order valence-corrected chi connectivity index (χ4v) is 2.37. The van der Waals surface area contributed by atoms with Gasteiger partial charge < -0.3 is 15.7 Å². The molecule has 1 heterocycles. The zero-order valence-corrected chi connectivity index (χ0v) is 12.2. The molecule has 1 rings (SSSR count). The highest BCUT2D eigenvalue weighted by Gasteiger charge is 2.35. The number of carboxylic acid groups (broad SMARTS) is 1. The van der Waals surface area contributed by atoms with E-state index in [0.29, 0.717) is 13.0 Å². The van der Waals surface area contributed by atoms with Gasteiger partial charge in [0.15, 0.2) is 0 Å². The molecule has 0 spiro atoms.